The maximum absolute atomic E-state index is 12.5. The average Bonchev–Trinajstić information content (AvgIpc) is 3.37. The first-order chi connectivity index (χ1) is 14.1. The smallest absolute Gasteiger partial charge is 0.338 e. The Bertz CT molecular complexity index is 1110. The lowest BCUT2D eigenvalue weighted by Crippen LogP contribution is -2.08. The van der Waals surface area contributed by atoms with E-state index in [1.807, 2.05) is 79.3 Å². The molecule has 0 saturated carbocycles. The van der Waals surface area contributed by atoms with Gasteiger partial charge < -0.3 is 4.74 Å². The van der Waals surface area contributed by atoms with Crippen LogP contribution in [0.25, 0.3) is 5.69 Å². The van der Waals surface area contributed by atoms with Gasteiger partial charge in [-0.05, 0) is 61.4 Å². The summed E-state index contributed by atoms with van der Waals surface area (Å²) in [5.74, 6) is -0.337. The number of rotatable bonds is 6. The Kier molecular flexibility index (Phi) is 5.24. The Balaban J connectivity index is 1.39. The molecule has 2 aromatic heterocycles. The number of carbonyl (C=O) groups is 1. The van der Waals surface area contributed by atoms with Crippen LogP contribution < -0.4 is 0 Å². The molecular formula is C23H22N4O2. The minimum absolute atomic E-state index is 0.222. The highest BCUT2D eigenvalue weighted by atomic mass is 16.5. The van der Waals surface area contributed by atoms with Crippen molar-refractivity contribution in [2.45, 2.75) is 27.0 Å². The van der Waals surface area contributed by atoms with Gasteiger partial charge in [-0.2, -0.15) is 10.2 Å². The van der Waals surface area contributed by atoms with Gasteiger partial charge in [-0.15, -0.1) is 0 Å². The van der Waals surface area contributed by atoms with Crippen LogP contribution in [0.1, 0.15) is 32.9 Å². The van der Waals surface area contributed by atoms with Crippen LogP contribution in [-0.2, 0) is 17.9 Å². The molecule has 0 aliphatic heterocycles. The van der Waals surface area contributed by atoms with Crippen molar-refractivity contribution in [2.24, 2.45) is 0 Å². The summed E-state index contributed by atoms with van der Waals surface area (Å²) in [5.41, 5.74) is 5.51. The van der Waals surface area contributed by atoms with E-state index in [1.165, 1.54) is 0 Å². The first-order valence-electron chi connectivity index (χ1n) is 9.44. The van der Waals surface area contributed by atoms with Crippen molar-refractivity contribution in [1.82, 2.24) is 19.6 Å². The predicted octanol–water partition coefficient (Wildman–Crippen LogP) is 4.09. The van der Waals surface area contributed by atoms with Crippen molar-refractivity contribution >= 4 is 5.97 Å². The Hall–Kier alpha value is -3.67. The molecule has 0 radical (unpaired) electrons. The molecule has 4 aromatic rings. The highest BCUT2D eigenvalue weighted by molar-refractivity contribution is 5.89. The molecule has 6 nitrogen and oxygen atoms in total. The second-order valence-corrected chi connectivity index (χ2v) is 6.98. The van der Waals surface area contributed by atoms with Crippen molar-refractivity contribution in [3.8, 4) is 5.69 Å². The lowest BCUT2D eigenvalue weighted by Gasteiger charge is -2.09. The summed E-state index contributed by atoms with van der Waals surface area (Å²) in [6.45, 7) is 4.84. The Morgan fingerprint density at radius 2 is 1.83 bits per heavy atom. The molecule has 0 unspecified atom stereocenters. The van der Waals surface area contributed by atoms with E-state index in [2.05, 4.69) is 10.2 Å². The fourth-order valence-corrected chi connectivity index (χ4v) is 3.20. The van der Waals surface area contributed by atoms with E-state index in [4.69, 9.17) is 4.74 Å². The van der Waals surface area contributed by atoms with Gasteiger partial charge in [-0.3, -0.25) is 4.68 Å². The lowest BCUT2D eigenvalue weighted by atomic mass is 10.1. The van der Waals surface area contributed by atoms with Gasteiger partial charge in [-0.25, -0.2) is 9.48 Å². The van der Waals surface area contributed by atoms with Crippen LogP contribution in [0.15, 0.2) is 73.1 Å². The maximum Gasteiger partial charge on any atom is 0.338 e. The van der Waals surface area contributed by atoms with Gasteiger partial charge in [0.2, 0.25) is 0 Å². The molecule has 0 atom stereocenters. The van der Waals surface area contributed by atoms with E-state index in [0.29, 0.717) is 12.1 Å². The Morgan fingerprint density at radius 1 is 1.00 bits per heavy atom. The molecule has 0 saturated heterocycles. The SMILES string of the molecule is Cc1cc(C)n(Cc2cccc(C(=O)OCc3ccc(-n4cccn4)cc3)c2)n1. The van der Waals surface area contributed by atoms with Crippen molar-refractivity contribution in [2.75, 3.05) is 0 Å². The first kappa shape index (κ1) is 18.7. The van der Waals surface area contributed by atoms with Crippen LogP contribution in [0.4, 0.5) is 0 Å². The Morgan fingerprint density at radius 3 is 2.52 bits per heavy atom. The summed E-state index contributed by atoms with van der Waals surface area (Å²) in [6.07, 6.45) is 3.62. The summed E-state index contributed by atoms with van der Waals surface area (Å²) in [6, 6.07) is 19.2. The molecule has 0 bridgehead atoms. The van der Waals surface area contributed by atoms with Gasteiger partial charge in [0.15, 0.2) is 0 Å². The number of aryl methyl sites for hydroxylation is 2. The van der Waals surface area contributed by atoms with E-state index >= 15 is 0 Å². The second kappa shape index (κ2) is 8.14. The molecule has 0 spiro atoms. The van der Waals surface area contributed by atoms with Gasteiger partial charge in [0, 0.05) is 18.1 Å². The van der Waals surface area contributed by atoms with Crippen LogP contribution in [0.3, 0.4) is 0 Å². The van der Waals surface area contributed by atoms with Crippen LogP contribution >= 0.6 is 0 Å². The van der Waals surface area contributed by atoms with E-state index in [9.17, 15) is 4.79 Å². The van der Waals surface area contributed by atoms with Crippen LogP contribution in [0, 0.1) is 13.8 Å². The summed E-state index contributed by atoms with van der Waals surface area (Å²) in [4.78, 5) is 12.5. The lowest BCUT2D eigenvalue weighted by molar-refractivity contribution is 0.0472. The van der Waals surface area contributed by atoms with E-state index in [-0.39, 0.29) is 12.6 Å². The number of carbonyl (C=O) groups excluding carboxylic acids is 1. The molecule has 6 heteroatoms. The van der Waals surface area contributed by atoms with Crippen molar-refractivity contribution in [3.63, 3.8) is 0 Å². The number of nitrogens with zero attached hydrogens (tertiary/aromatic N) is 4. The van der Waals surface area contributed by atoms with E-state index in [1.54, 1.807) is 16.9 Å². The zero-order valence-electron chi connectivity index (χ0n) is 16.4. The van der Waals surface area contributed by atoms with Gasteiger partial charge in [0.05, 0.1) is 23.5 Å². The number of esters is 1. The van der Waals surface area contributed by atoms with Gasteiger partial charge in [0.1, 0.15) is 6.61 Å². The summed E-state index contributed by atoms with van der Waals surface area (Å²) < 4.78 is 9.21. The zero-order valence-corrected chi connectivity index (χ0v) is 16.4. The van der Waals surface area contributed by atoms with E-state index in [0.717, 1.165) is 28.2 Å². The summed E-state index contributed by atoms with van der Waals surface area (Å²) >= 11 is 0. The van der Waals surface area contributed by atoms with Crippen molar-refractivity contribution in [3.05, 3.63) is 101 Å². The number of ether oxygens (including phenoxy) is 1. The molecule has 2 aromatic carbocycles. The number of hydrogen-bond donors (Lipinski definition) is 0. The highest BCUT2D eigenvalue weighted by Gasteiger charge is 2.10. The molecule has 0 aliphatic carbocycles. The van der Waals surface area contributed by atoms with Gasteiger partial charge in [-0.1, -0.05) is 24.3 Å². The second-order valence-electron chi connectivity index (χ2n) is 6.98. The minimum Gasteiger partial charge on any atom is -0.457 e. The molecule has 0 fully saturated rings. The molecule has 4 rings (SSSR count). The Labute approximate surface area is 169 Å². The average molecular weight is 386 g/mol. The molecule has 29 heavy (non-hydrogen) atoms. The molecular weight excluding hydrogens is 364 g/mol. The number of benzene rings is 2. The molecule has 0 amide bonds. The molecule has 0 N–H and O–H groups in total. The minimum atomic E-state index is -0.337. The molecule has 0 aliphatic rings. The summed E-state index contributed by atoms with van der Waals surface area (Å²) in [5, 5.41) is 8.68. The molecule has 2 heterocycles. The standard InChI is InChI=1S/C23H22N4O2/c1-17-13-18(2)27(25-17)15-20-5-3-6-21(14-20)23(28)29-16-19-7-9-22(10-8-19)26-12-4-11-24-26/h3-14H,15-16H2,1-2H3. The van der Waals surface area contributed by atoms with Crippen molar-refractivity contribution < 1.29 is 9.53 Å². The van der Waals surface area contributed by atoms with Crippen LogP contribution in [0.2, 0.25) is 0 Å². The largest absolute Gasteiger partial charge is 0.457 e. The van der Waals surface area contributed by atoms with Crippen LogP contribution in [0.5, 0.6) is 0 Å². The third kappa shape index (κ3) is 4.43. The quantitative estimate of drug-likeness (QED) is 0.468. The fraction of sp³-hybridized carbons (Fsp3) is 0.174. The van der Waals surface area contributed by atoms with Gasteiger partial charge >= 0.3 is 5.97 Å². The van der Waals surface area contributed by atoms with Gasteiger partial charge in [0.25, 0.3) is 0 Å². The normalized spacial score (nSPS) is 10.8. The molecule has 146 valence electrons. The van der Waals surface area contributed by atoms with Crippen molar-refractivity contribution in [1.29, 1.82) is 0 Å². The predicted molar refractivity (Wildman–Crippen MR) is 110 cm³/mol. The topological polar surface area (TPSA) is 61.9 Å². The van der Waals surface area contributed by atoms with Crippen LogP contribution in [-0.4, -0.2) is 25.5 Å². The first-order valence-corrected chi connectivity index (χ1v) is 9.44. The number of aromatic nitrogens is 4. The third-order valence-electron chi connectivity index (χ3n) is 4.67. The highest BCUT2D eigenvalue weighted by Crippen LogP contribution is 2.13. The fourth-order valence-electron chi connectivity index (χ4n) is 3.20. The summed E-state index contributed by atoms with van der Waals surface area (Å²) in [7, 11) is 0. The zero-order chi connectivity index (χ0) is 20.2. The maximum atomic E-state index is 12.5. The van der Waals surface area contributed by atoms with E-state index < -0.39 is 0 Å². The number of hydrogen-bond acceptors (Lipinski definition) is 4. The monoisotopic (exact) mass is 386 g/mol. The third-order valence-corrected chi connectivity index (χ3v) is 4.67.